The number of carbonyl (C=O) groups is 1. The number of hydrogen-bond acceptors (Lipinski definition) is 4. The lowest BCUT2D eigenvalue weighted by atomic mass is 10.1. The van der Waals surface area contributed by atoms with Crippen LogP contribution in [-0.2, 0) is 10.0 Å². The molecule has 1 aromatic heterocycles. The van der Waals surface area contributed by atoms with E-state index in [1.54, 1.807) is 6.92 Å². The van der Waals surface area contributed by atoms with E-state index in [4.69, 9.17) is 9.52 Å². The highest BCUT2D eigenvalue weighted by atomic mass is 32.2. The summed E-state index contributed by atoms with van der Waals surface area (Å²) >= 11 is 0. The van der Waals surface area contributed by atoms with Crippen molar-refractivity contribution in [1.82, 2.24) is 4.31 Å². The van der Waals surface area contributed by atoms with Gasteiger partial charge in [-0.1, -0.05) is 27.2 Å². The van der Waals surface area contributed by atoms with E-state index in [0.29, 0.717) is 13.1 Å². The minimum Gasteiger partial charge on any atom is -0.475 e. The third-order valence-electron chi connectivity index (χ3n) is 3.27. The van der Waals surface area contributed by atoms with Crippen LogP contribution < -0.4 is 0 Å². The van der Waals surface area contributed by atoms with Crippen LogP contribution in [0, 0.1) is 12.8 Å². The predicted molar refractivity (Wildman–Crippen MR) is 74.3 cm³/mol. The molecule has 0 fully saturated rings. The second kappa shape index (κ2) is 6.41. The number of carboxylic acid groups (broad SMARTS) is 1. The second-order valence-electron chi connectivity index (χ2n) is 4.81. The summed E-state index contributed by atoms with van der Waals surface area (Å²) in [5.74, 6) is -1.30. The maximum absolute atomic E-state index is 12.5. The third-order valence-corrected chi connectivity index (χ3v) is 5.31. The largest absolute Gasteiger partial charge is 0.475 e. The molecule has 0 spiro atoms. The topological polar surface area (TPSA) is 87.8 Å². The van der Waals surface area contributed by atoms with Crippen LogP contribution >= 0.6 is 0 Å². The molecule has 20 heavy (non-hydrogen) atoms. The van der Waals surface area contributed by atoms with Gasteiger partial charge in [-0.25, -0.2) is 13.2 Å². The Bertz CT molecular complexity index is 576. The number of rotatable bonds is 7. The Hall–Kier alpha value is -1.34. The monoisotopic (exact) mass is 303 g/mol. The molecule has 1 atom stereocenters. The van der Waals surface area contributed by atoms with Gasteiger partial charge >= 0.3 is 5.97 Å². The quantitative estimate of drug-likeness (QED) is 0.835. The highest BCUT2D eigenvalue weighted by molar-refractivity contribution is 7.89. The van der Waals surface area contributed by atoms with Crippen LogP contribution in [0.25, 0.3) is 0 Å². The number of aryl methyl sites for hydroxylation is 1. The average molecular weight is 303 g/mol. The molecule has 1 heterocycles. The van der Waals surface area contributed by atoms with Crippen LogP contribution in [0.2, 0.25) is 0 Å². The molecule has 6 nitrogen and oxygen atoms in total. The van der Waals surface area contributed by atoms with Gasteiger partial charge in [0.25, 0.3) is 0 Å². The Morgan fingerprint density at radius 1 is 1.45 bits per heavy atom. The van der Waals surface area contributed by atoms with Crippen LogP contribution in [0.4, 0.5) is 0 Å². The fourth-order valence-corrected chi connectivity index (χ4v) is 3.57. The Balaban J connectivity index is 3.17. The smallest absolute Gasteiger partial charge is 0.371 e. The van der Waals surface area contributed by atoms with Crippen LogP contribution in [0.5, 0.6) is 0 Å². The standard InChI is InChI=1S/C13H21NO5S/c1-5-9(3)8-14(6-2)20(17,18)12-7-11(13(15)16)19-10(12)4/h7,9H,5-6,8H2,1-4H3,(H,15,16). The lowest BCUT2D eigenvalue weighted by Gasteiger charge is -2.23. The molecule has 1 aromatic rings. The summed E-state index contributed by atoms with van der Waals surface area (Å²) in [5.41, 5.74) is 0. The van der Waals surface area contributed by atoms with E-state index >= 15 is 0 Å². The number of furan rings is 1. The fourth-order valence-electron chi connectivity index (χ4n) is 1.84. The van der Waals surface area contributed by atoms with Gasteiger partial charge in [-0.05, 0) is 12.8 Å². The summed E-state index contributed by atoms with van der Waals surface area (Å²) in [4.78, 5) is 10.8. The van der Waals surface area contributed by atoms with Crippen molar-refractivity contribution in [2.45, 2.75) is 39.0 Å². The fraction of sp³-hybridized carbons (Fsp3) is 0.615. The van der Waals surface area contributed by atoms with Gasteiger partial charge in [-0.2, -0.15) is 4.31 Å². The van der Waals surface area contributed by atoms with E-state index in [1.807, 2.05) is 13.8 Å². The number of hydrogen-bond donors (Lipinski definition) is 1. The highest BCUT2D eigenvalue weighted by Gasteiger charge is 2.29. The van der Waals surface area contributed by atoms with Crippen molar-refractivity contribution in [3.63, 3.8) is 0 Å². The third kappa shape index (κ3) is 3.40. The maximum atomic E-state index is 12.5. The summed E-state index contributed by atoms with van der Waals surface area (Å²) in [6.07, 6.45) is 0.872. The van der Waals surface area contributed by atoms with Crippen LogP contribution in [0.3, 0.4) is 0 Å². The molecule has 0 aliphatic carbocycles. The van der Waals surface area contributed by atoms with Crippen molar-refractivity contribution < 1.29 is 22.7 Å². The summed E-state index contributed by atoms with van der Waals surface area (Å²) in [6, 6.07) is 1.08. The van der Waals surface area contributed by atoms with Crippen molar-refractivity contribution in [3.05, 3.63) is 17.6 Å². The van der Waals surface area contributed by atoms with Crippen LogP contribution in [-0.4, -0.2) is 36.9 Å². The molecule has 0 bridgehead atoms. The van der Waals surface area contributed by atoms with Crippen molar-refractivity contribution in [2.24, 2.45) is 5.92 Å². The van der Waals surface area contributed by atoms with Crippen molar-refractivity contribution in [1.29, 1.82) is 0 Å². The average Bonchev–Trinajstić information content (AvgIpc) is 2.78. The van der Waals surface area contributed by atoms with E-state index in [0.717, 1.165) is 12.5 Å². The van der Waals surface area contributed by atoms with Crippen molar-refractivity contribution in [2.75, 3.05) is 13.1 Å². The van der Waals surface area contributed by atoms with Gasteiger partial charge in [0.05, 0.1) is 0 Å². The number of carboxylic acids is 1. The molecule has 0 aliphatic rings. The summed E-state index contributed by atoms with van der Waals surface area (Å²) < 4.78 is 31.4. The SMILES string of the molecule is CCC(C)CN(CC)S(=O)(=O)c1cc(C(=O)O)oc1C. The minimum absolute atomic E-state index is 0.0694. The van der Waals surface area contributed by atoms with E-state index in [-0.39, 0.29) is 22.3 Å². The first-order valence-electron chi connectivity index (χ1n) is 6.57. The molecule has 114 valence electrons. The molecule has 0 aromatic carbocycles. The maximum Gasteiger partial charge on any atom is 0.371 e. The lowest BCUT2D eigenvalue weighted by Crippen LogP contribution is -2.34. The number of nitrogens with zero attached hydrogens (tertiary/aromatic N) is 1. The van der Waals surface area contributed by atoms with Crippen molar-refractivity contribution >= 4 is 16.0 Å². The molecule has 1 N–H and O–H groups in total. The Morgan fingerprint density at radius 3 is 2.45 bits per heavy atom. The summed E-state index contributed by atoms with van der Waals surface area (Å²) in [7, 11) is -3.72. The molecular formula is C13H21NO5S. The zero-order valence-corrected chi connectivity index (χ0v) is 13.0. The van der Waals surface area contributed by atoms with Gasteiger partial charge in [0.1, 0.15) is 10.7 Å². The molecule has 0 radical (unpaired) electrons. The molecule has 1 rings (SSSR count). The highest BCUT2D eigenvalue weighted by Crippen LogP contribution is 2.24. The number of sulfonamides is 1. The zero-order valence-electron chi connectivity index (χ0n) is 12.2. The first-order chi connectivity index (χ1) is 9.23. The minimum atomic E-state index is -3.72. The predicted octanol–water partition coefficient (Wildman–Crippen LogP) is 2.34. The first kappa shape index (κ1) is 16.7. The molecular weight excluding hydrogens is 282 g/mol. The van der Waals surface area contributed by atoms with E-state index in [9.17, 15) is 13.2 Å². The normalized spacial score (nSPS) is 13.7. The molecule has 1 unspecified atom stereocenters. The Kier molecular flexibility index (Phi) is 5.35. The molecule has 0 saturated carbocycles. The van der Waals surface area contributed by atoms with Gasteiger partial charge in [0.2, 0.25) is 15.8 Å². The van der Waals surface area contributed by atoms with Gasteiger partial charge in [-0.15, -0.1) is 0 Å². The van der Waals surface area contributed by atoms with E-state index < -0.39 is 16.0 Å². The number of aromatic carboxylic acids is 1. The van der Waals surface area contributed by atoms with Gasteiger partial charge in [0.15, 0.2) is 0 Å². The van der Waals surface area contributed by atoms with Gasteiger partial charge < -0.3 is 9.52 Å². The van der Waals surface area contributed by atoms with Crippen LogP contribution in [0.15, 0.2) is 15.4 Å². The molecule has 0 amide bonds. The van der Waals surface area contributed by atoms with Gasteiger partial charge in [0, 0.05) is 19.2 Å². The zero-order chi connectivity index (χ0) is 15.5. The molecule has 7 heteroatoms. The van der Waals surface area contributed by atoms with Crippen molar-refractivity contribution in [3.8, 4) is 0 Å². The van der Waals surface area contributed by atoms with E-state index in [2.05, 4.69) is 0 Å². The lowest BCUT2D eigenvalue weighted by molar-refractivity contribution is 0.0661. The second-order valence-corrected chi connectivity index (χ2v) is 6.71. The van der Waals surface area contributed by atoms with Crippen LogP contribution in [0.1, 0.15) is 43.5 Å². The molecule has 0 saturated heterocycles. The summed E-state index contributed by atoms with van der Waals surface area (Å²) in [6.45, 7) is 7.92. The molecule has 0 aliphatic heterocycles. The first-order valence-corrected chi connectivity index (χ1v) is 8.01. The Morgan fingerprint density at radius 2 is 2.05 bits per heavy atom. The van der Waals surface area contributed by atoms with Gasteiger partial charge in [-0.3, -0.25) is 0 Å². The summed E-state index contributed by atoms with van der Waals surface area (Å²) in [5, 5.41) is 8.87. The van der Waals surface area contributed by atoms with E-state index in [1.165, 1.54) is 11.2 Å². The Labute approximate surface area is 119 Å².